The van der Waals surface area contributed by atoms with Gasteiger partial charge in [-0.25, -0.2) is 8.78 Å². The van der Waals surface area contributed by atoms with Gasteiger partial charge in [-0.3, -0.25) is 0 Å². The van der Waals surface area contributed by atoms with Crippen molar-refractivity contribution >= 4 is 5.69 Å². The highest BCUT2D eigenvalue weighted by atomic mass is 19.1. The average Bonchev–Trinajstić information content (AvgIpc) is 2.41. The van der Waals surface area contributed by atoms with Crippen LogP contribution in [0.2, 0.25) is 0 Å². The van der Waals surface area contributed by atoms with Gasteiger partial charge in [-0.2, -0.15) is 0 Å². The van der Waals surface area contributed by atoms with Gasteiger partial charge < -0.3 is 15.2 Å². The third-order valence-corrected chi connectivity index (χ3v) is 2.78. The Morgan fingerprint density at radius 1 is 0.947 bits per heavy atom. The lowest BCUT2D eigenvalue weighted by Crippen LogP contribution is -1.97. The van der Waals surface area contributed by atoms with E-state index in [9.17, 15) is 8.78 Å². The fourth-order valence-corrected chi connectivity index (χ4v) is 1.87. The van der Waals surface area contributed by atoms with Crippen LogP contribution in [0.5, 0.6) is 11.5 Å². The quantitative estimate of drug-likeness (QED) is 0.866. The third kappa shape index (κ3) is 2.31. The molecule has 5 heteroatoms. The molecule has 0 aliphatic rings. The number of nitrogens with two attached hydrogens (primary N) is 1. The average molecular weight is 265 g/mol. The van der Waals surface area contributed by atoms with Gasteiger partial charge >= 0.3 is 0 Å². The number of anilines is 1. The predicted molar refractivity (Wildman–Crippen MR) is 69.3 cm³/mol. The maximum absolute atomic E-state index is 13.9. The lowest BCUT2D eigenvalue weighted by Gasteiger charge is -2.13. The van der Waals surface area contributed by atoms with Crippen LogP contribution in [0.3, 0.4) is 0 Å². The van der Waals surface area contributed by atoms with Crippen LogP contribution in [0.4, 0.5) is 14.5 Å². The first-order valence-corrected chi connectivity index (χ1v) is 5.54. The summed E-state index contributed by atoms with van der Waals surface area (Å²) in [5.74, 6) is -0.517. The molecule has 0 aliphatic carbocycles. The number of benzene rings is 2. The first-order chi connectivity index (χ1) is 9.08. The van der Waals surface area contributed by atoms with Gasteiger partial charge in [-0.1, -0.05) is 12.1 Å². The highest BCUT2D eigenvalue weighted by molar-refractivity contribution is 5.75. The van der Waals surface area contributed by atoms with Crippen molar-refractivity contribution in [3.63, 3.8) is 0 Å². The number of hydrogen-bond acceptors (Lipinski definition) is 3. The fraction of sp³-hybridized carbons (Fsp3) is 0.143. The topological polar surface area (TPSA) is 44.5 Å². The molecule has 2 N–H and O–H groups in total. The van der Waals surface area contributed by atoms with Gasteiger partial charge in [0.1, 0.15) is 11.6 Å². The first kappa shape index (κ1) is 13.1. The molecule has 0 saturated heterocycles. The summed E-state index contributed by atoms with van der Waals surface area (Å²) in [5, 5.41) is 0. The summed E-state index contributed by atoms with van der Waals surface area (Å²) in [4.78, 5) is 0. The Balaban J connectivity index is 2.68. The van der Waals surface area contributed by atoms with Crippen LogP contribution in [-0.2, 0) is 0 Å². The van der Waals surface area contributed by atoms with Gasteiger partial charge in [0.15, 0.2) is 11.5 Å². The second kappa shape index (κ2) is 5.14. The monoisotopic (exact) mass is 265 g/mol. The number of methoxy groups -OCH3 is 2. The van der Waals surface area contributed by atoms with E-state index in [2.05, 4.69) is 0 Å². The molecule has 0 aromatic heterocycles. The number of ether oxygens (including phenoxy) is 2. The van der Waals surface area contributed by atoms with Crippen LogP contribution in [-0.4, -0.2) is 14.2 Å². The molecule has 0 atom stereocenters. The molecule has 3 nitrogen and oxygen atoms in total. The van der Waals surface area contributed by atoms with Gasteiger partial charge in [-0.15, -0.1) is 0 Å². The Labute approximate surface area is 109 Å². The molecule has 0 bridgehead atoms. The zero-order chi connectivity index (χ0) is 14.0. The van der Waals surface area contributed by atoms with E-state index in [-0.39, 0.29) is 11.3 Å². The smallest absolute Gasteiger partial charge is 0.168 e. The minimum absolute atomic E-state index is 0.0717. The lowest BCUT2D eigenvalue weighted by molar-refractivity contribution is 0.356. The maximum Gasteiger partial charge on any atom is 0.168 e. The molecule has 100 valence electrons. The van der Waals surface area contributed by atoms with E-state index in [1.165, 1.54) is 14.2 Å². The van der Waals surface area contributed by atoms with Crippen molar-refractivity contribution in [2.75, 3.05) is 20.0 Å². The van der Waals surface area contributed by atoms with Crippen molar-refractivity contribution in [3.8, 4) is 22.6 Å². The number of hydrogen-bond donors (Lipinski definition) is 1. The largest absolute Gasteiger partial charge is 0.493 e. The summed E-state index contributed by atoms with van der Waals surface area (Å²) < 4.78 is 37.8. The highest BCUT2D eigenvalue weighted by Crippen LogP contribution is 2.39. The second-order valence-electron chi connectivity index (χ2n) is 3.89. The summed E-state index contributed by atoms with van der Waals surface area (Å²) in [6.07, 6.45) is 0. The summed E-state index contributed by atoms with van der Waals surface area (Å²) in [5.41, 5.74) is 5.56. The fourth-order valence-electron chi connectivity index (χ4n) is 1.87. The number of nitrogen functional groups attached to an aromatic ring is 1. The molecule has 0 fully saturated rings. The zero-order valence-electron chi connectivity index (χ0n) is 10.5. The van der Waals surface area contributed by atoms with Crippen molar-refractivity contribution in [1.29, 1.82) is 0 Å². The Hall–Kier alpha value is -2.30. The Bertz CT molecular complexity index is 615. The molecule has 0 heterocycles. The maximum atomic E-state index is 13.9. The predicted octanol–water partition coefficient (Wildman–Crippen LogP) is 3.23. The van der Waals surface area contributed by atoms with E-state index in [4.69, 9.17) is 15.2 Å². The molecule has 0 amide bonds. The molecule has 19 heavy (non-hydrogen) atoms. The molecule has 0 aliphatic heterocycles. The highest BCUT2D eigenvalue weighted by Gasteiger charge is 2.16. The van der Waals surface area contributed by atoms with E-state index in [1.54, 1.807) is 18.2 Å². The second-order valence-corrected chi connectivity index (χ2v) is 3.89. The van der Waals surface area contributed by atoms with Gasteiger partial charge in [0.2, 0.25) is 0 Å². The molecule has 0 spiro atoms. The van der Waals surface area contributed by atoms with Crippen molar-refractivity contribution in [1.82, 2.24) is 0 Å². The first-order valence-electron chi connectivity index (χ1n) is 5.54. The molecular formula is C14H13F2NO2. The van der Waals surface area contributed by atoms with Gasteiger partial charge in [0.05, 0.1) is 19.9 Å². The number of rotatable bonds is 3. The minimum atomic E-state index is -0.679. The van der Waals surface area contributed by atoms with Crippen LogP contribution in [0, 0.1) is 11.6 Å². The molecule has 2 rings (SSSR count). The van der Waals surface area contributed by atoms with Crippen LogP contribution < -0.4 is 15.2 Å². The molecule has 0 radical (unpaired) electrons. The lowest BCUT2D eigenvalue weighted by atomic mass is 10.0. The Morgan fingerprint density at radius 3 is 2.32 bits per heavy atom. The van der Waals surface area contributed by atoms with Crippen molar-refractivity contribution < 1.29 is 18.3 Å². The van der Waals surface area contributed by atoms with E-state index < -0.39 is 11.6 Å². The summed E-state index contributed by atoms with van der Waals surface area (Å²) in [7, 11) is 2.91. The van der Waals surface area contributed by atoms with Gasteiger partial charge in [0, 0.05) is 17.2 Å². The van der Waals surface area contributed by atoms with E-state index in [0.29, 0.717) is 17.1 Å². The number of halogens is 2. The van der Waals surface area contributed by atoms with Crippen LogP contribution in [0.25, 0.3) is 11.1 Å². The van der Waals surface area contributed by atoms with Gasteiger partial charge in [-0.05, 0) is 12.1 Å². The standard InChI is InChI=1S/C14H13F2NO2/c1-18-13-5-3-4-8(14(13)19-2)9-6-11(16)12(17)7-10(9)15/h3-7H,17H2,1-2H3. The van der Waals surface area contributed by atoms with E-state index in [1.807, 2.05) is 0 Å². The number of para-hydroxylation sites is 1. The van der Waals surface area contributed by atoms with Crippen LogP contribution in [0.1, 0.15) is 0 Å². The van der Waals surface area contributed by atoms with Crippen LogP contribution in [0.15, 0.2) is 30.3 Å². The van der Waals surface area contributed by atoms with Crippen molar-refractivity contribution in [2.45, 2.75) is 0 Å². The van der Waals surface area contributed by atoms with Crippen molar-refractivity contribution in [3.05, 3.63) is 42.0 Å². The molecule has 2 aromatic carbocycles. The summed E-state index contributed by atoms with van der Waals surface area (Å²) in [6, 6.07) is 6.96. The third-order valence-electron chi connectivity index (χ3n) is 2.78. The van der Waals surface area contributed by atoms with E-state index >= 15 is 0 Å². The Morgan fingerprint density at radius 2 is 1.68 bits per heavy atom. The van der Waals surface area contributed by atoms with Crippen LogP contribution >= 0.6 is 0 Å². The minimum Gasteiger partial charge on any atom is -0.493 e. The molecule has 2 aromatic rings. The molecule has 0 saturated carbocycles. The van der Waals surface area contributed by atoms with Gasteiger partial charge in [0.25, 0.3) is 0 Å². The van der Waals surface area contributed by atoms with Crippen molar-refractivity contribution in [2.24, 2.45) is 0 Å². The zero-order valence-corrected chi connectivity index (χ0v) is 10.5. The SMILES string of the molecule is COc1cccc(-c2cc(F)c(N)cc2F)c1OC. The molecular weight excluding hydrogens is 252 g/mol. The normalized spacial score (nSPS) is 10.3. The summed E-state index contributed by atoms with van der Waals surface area (Å²) in [6.45, 7) is 0. The summed E-state index contributed by atoms with van der Waals surface area (Å²) >= 11 is 0. The van der Waals surface area contributed by atoms with E-state index in [0.717, 1.165) is 12.1 Å². The Kier molecular flexibility index (Phi) is 3.55. The molecule has 0 unspecified atom stereocenters.